The lowest BCUT2D eigenvalue weighted by atomic mass is 9.98. The first kappa shape index (κ1) is 23.6. The predicted molar refractivity (Wildman–Crippen MR) is 134 cm³/mol. The highest BCUT2D eigenvalue weighted by Gasteiger charge is 2.31. The van der Waals surface area contributed by atoms with Crippen LogP contribution in [0.5, 0.6) is 11.5 Å². The number of rotatable bonds is 7. The van der Waals surface area contributed by atoms with E-state index in [9.17, 15) is 13.9 Å². The number of methoxy groups -OCH3 is 2. The van der Waals surface area contributed by atoms with Gasteiger partial charge < -0.3 is 9.47 Å². The summed E-state index contributed by atoms with van der Waals surface area (Å²) in [5, 5.41) is 6.07. The van der Waals surface area contributed by atoms with E-state index in [4.69, 9.17) is 9.47 Å². The van der Waals surface area contributed by atoms with Gasteiger partial charge in [-0.15, -0.1) is 0 Å². The monoisotopic (exact) mass is 481 g/mol. The molecule has 1 aliphatic heterocycles. The summed E-state index contributed by atoms with van der Waals surface area (Å²) in [7, 11) is -0.0744. The first-order chi connectivity index (χ1) is 16.3. The molecule has 0 bridgehead atoms. The van der Waals surface area contributed by atoms with Crippen LogP contribution in [0.1, 0.15) is 30.5 Å². The van der Waals surface area contributed by atoms with Gasteiger partial charge in [-0.3, -0.25) is 18.6 Å². The maximum Gasteiger partial charge on any atom is 0.240 e. The summed E-state index contributed by atoms with van der Waals surface area (Å²) in [6, 6.07) is 21.2. The maximum absolute atomic E-state index is 12.2. The predicted octanol–water partition coefficient (Wildman–Crippen LogP) is 5.54. The standard InChI is InChI=1S/C25H27N3O5S/c1-17(29)28-25(19-6-10-21(32-2)11-7-19)16-24(26-28)18-4-8-20(9-5-18)27-34(30,31)23-14-12-22(33-3)13-15-23/h4-15,25,27,30-31H,16H2,1-3H3. The molecule has 0 spiro atoms. The van der Waals surface area contributed by atoms with Crippen molar-refractivity contribution >= 4 is 28.1 Å². The summed E-state index contributed by atoms with van der Waals surface area (Å²) >= 11 is 0. The third-order valence-corrected chi connectivity index (χ3v) is 7.05. The minimum atomic E-state index is -3.24. The van der Waals surface area contributed by atoms with E-state index in [0.717, 1.165) is 22.6 Å². The molecule has 1 aliphatic rings. The average molecular weight is 482 g/mol. The van der Waals surface area contributed by atoms with Crippen LogP contribution in [0.15, 0.2) is 82.8 Å². The molecule has 9 heteroatoms. The lowest BCUT2D eigenvalue weighted by Crippen LogP contribution is -2.24. The van der Waals surface area contributed by atoms with Crippen LogP contribution in [0.2, 0.25) is 0 Å². The van der Waals surface area contributed by atoms with Gasteiger partial charge in [-0.2, -0.15) is 5.10 Å². The van der Waals surface area contributed by atoms with Gasteiger partial charge in [-0.05, 0) is 59.7 Å². The van der Waals surface area contributed by atoms with Gasteiger partial charge in [0.2, 0.25) is 5.91 Å². The Kier molecular flexibility index (Phi) is 6.78. The normalized spacial score (nSPS) is 16.1. The second kappa shape index (κ2) is 9.76. The Morgan fingerprint density at radius 1 is 0.941 bits per heavy atom. The van der Waals surface area contributed by atoms with Crippen LogP contribution in [0.25, 0.3) is 0 Å². The third kappa shape index (κ3) is 5.01. The van der Waals surface area contributed by atoms with Crippen LogP contribution < -0.4 is 14.2 Å². The molecule has 8 nitrogen and oxygen atoms in total. The zero-order chi connectivity index (χ0) is 24.3. The van der Waals surface area contributed by atoms with Crippen LogP contribution in [-0.4, -0.2) is 40.0 Å². The number of nitrogens with zero attached hydrogens (tertiary/aromatic N) is 2. The third-order valence-electron chi connectivity index (χ3n) is 5.60. The zero-order valence-corrected chi connectivity index (χ0v) is 20.0. The number of benzene rings is 3. The molecule has 1 unspecified atom stereocenters. The van der Waals surface area contributed by atoms with Crippen molar-refractivity contribution in [3.05, 3.63) is 83.9 Å². The van der Waals surface area contributed by atoms with Gasteiger partial charge in [0.1, 0.15) is 11.5 Å². The molecule has 0 saturated heterocycles. The molecule has 0 aliphatic carbocycles. The fraction of sp³-hybridized carbons (Fsp3) is 0.200. The molecule has 1 atom stereocenters. The quantitative estimate of drug-likeness (QED) is 0.409. The van der Waals surface area contributed by atoms with Gasteiger partial charge in [0.05, 0.1) is 36.6 Å². The van der Waals surface area contributed by atoms with Gasteiger partial charge in [0.15, 0.2) is 0 Å². The minimum absolute atomic E-state index is 0.137. The Bertz CT molecular complexity index is 1180. The number of anilines is 1. The van der Waals surface area contributed by atoms with Crippen LogP contribution in [0, 0.1) is 0 Å². The number of hydrogen-bond acceptors (Lipinski definition) is 7. The fourth-order valence-electron chi connectivity index (χ4n) is 3.78. The highest BCUT2D eigenvalue weighted by molar-refractivity contribution is 8.25. The van der Waals surface area contributed by atoms with Crippen LogP contribution in [0.4, 0.5) is 5.69 Å². The van der Waals surface area contributed by atoms with Crippen molar-refractivity contribution in [2.24, 2.45) is 5.10 Å². The van der Waals surface area contributed by atoms with E-state index in [2.05, 4.69) is 9.82 Å². The maximum atomic E-state index is 12.2. The van der Waals surface area contributed by atoms with Crippen molar-refractivity contribution in [1.29, 1.82) is 0 Å². The van der Waals surface area contributed by atoms with E-state index in [1.165, 1.54) is 11.9 Å². The largest absolute Gasteiger partial charge is 0.497 e. The van der Waals surface area contributed by atoms with Crippen LogP contribution >= 0.6 is 10.8 Å². The molecule has 0 aromatic heterocycles. The van der Waals surface area contributed by atoms with Crippen molar-refractivity contribution in [2.75, 3.05) is 18.9 Å². The average Bonchev–Trinajstić information content (AvgIpc) is 3.30. The van der Waals surface area contributed by atoms with E-state index in [1.54, 1.807) is 50.6 Å². The number of ether oxygens (including phenoxy) is 2. The summed E-state index contributed by atoms with van der Waals surface area (Å²) in [6.07, 6.45) is 0.569. The van der Waals surface area contributed by atoms with Gasteiger partial charge in [-0.25, -0.2) is 5.01 Å². The molecule has 1 amide bonds. The van der Waals surface area contributed by atoms with Crippen molar-refractivity contribution < 1.29 is 23.4 Å². The number of carbonyl (C=O) groups excluding carboxylic acids is 1. The van der Waals surface area contributed by atoms with Crippen LogP contribution in [-0.2, 0) is 4.79 Å². The second-order valence-corrected chi connectivity index (χ2v) is 9.58. The number of amides is 1. The molecule has 4 rings (SSSR count). The number of hydrogen-bond donors (Lipinski definition) is 3. The Morgan fingerprint density at radius 2 is 1.50 bits per heavy atom. The molecule has 0 radical (unpaired) electrons. The van der Waals surface area contributed by atoms with Crippen molar-refractivity contribution in [1.82, 2.24) is 5.01 Å². The second-order valence-electron chi connectivity index (χ2n) is 7.81. The first-order valence-electron chi connectivity index (χ1n) is 10.6. The van der Waals surface area contributed by atoms with E-state index >= 15 is 0 Å². The SMILES string of the molecule is COc1ccc(C2CC(c3ccc(NS(O)(O)c4ccc(OC)cc4)cc3)=NN2C(C)=O)cc1. The molecule has 3 aromatic rings. The smallest absolute Gasteiger partial charge is 0.240 e. The highest BCUT2D eigenvalue weighted by Crippen LogP contribution is 2.48. The topological polar surface area (TPSA) is 104 Å². The van der Waals surface area contributed by atoms with Gasteiger partial charge in [0.25, 0.3) is 0 Å². The van der Waals surface area contributed by atoms with E-state index < -0.39 is 10.8 Å². The van der Waals surface area contributed by atoms with Crippen molar-refractivity contribution in [3.63, 3.8) is 0 Å². The summed E-state index contributed by atoms with van der Waals surface area (Å²) in [6.45, 7) is 1.50. The van der Waals surface area contributed by atoms with Crippen molar-refractivity contribution in [2.45, 2.75) is 24.3 Å². The van der Waals surface area contributed by atoms with E-state index in [-0.39, 0.29) is 11.9 Å². The summed E-state index contributed by atoms with van der Waals surface area (Å²) < 4.78 is 34.3. The molecular formula is C25H27N3O5S. The number of nitrogens with one attached hydrogen (secondary N) is 1. The molecule has 0 saturated carbocycles. The highest BCUT2D eigenvalue weighted by atomic mass is 32.3. The Balaban J connectivity index is 1.50. The lowest BCUT2D eigenvalue weighted by Gasteiger charge is -2.33. The molecule has 0 fully saturated rings. The first-order valence-corrected chi connectivity index (χ1v) is 12.2. The molecule has 3 aromatic carbocycles. The van der Waals surface area contributed by atoms with Gasteiger partial charge >= 0.3 is 0 Å². The van der Waals surface area contributed by atoms with E-state index in [1.807, 2.05) is 36.4 Å². The molecule has 34 heavy (non-hydrogen) atoms. The Morgan fingerprint density at radius 3 is 2.03 bits per heavy atom. The van der Waals surface area contributed by atoms with Crippen LogP contribution in [0.3, 0.4) is 0 Å². The summed E-state index contributed by atoms with van der Waals surface area (Å²) in [5.74, 6) is 1.25. The van der Waals surface area contributed by atoms with Gasteiger partial charge in [0, 0.05) is 13.3 Å². The fourth-order valence-corrected chi connectivity index (χ4v) is 4.88. The lowest BCUT2D eigenvalue weighted by molar-refractivity contribution is -0.130. The Labute approximate surface area is 200 Å². The molecule has 3 N–H and O–H groups in total. The molecule has 178 valence electrons. The number of hydrazone groups is 1. The van der Waals surface area contributed by atoms with Gasteiger partial charge in [-0.1, -0.05) is 35.0 Å². The Hall–Kier alpha value is -3.53. The number of carbonyl (C=O) groups is 1. The molecule has 1 heterocycles. The van der Waals surface area contributed by atoms with Crippen molar-refractivity contribution in [3.8, 4) is 11.5 Å². The molecular weight excluding hydrogens is 454 g/mol. The zero-order valence-electron chi connectivity index (χ0n) is 19.1. The minimum Gasteiger partial charge on any atom is -0.497 e. The summed E-state index contributed by atoms with van der Waals surface area (Å²) in [4.78, 5) is 12.6. The summed E-state index contributed by atoms with van der Waals surface area (Å²) in [5.41, 5.74) is 3.16. The van der Waals surface area contributed by atoms with E-state index in [0.29, 0.717) is 22.8 Å².